The van der Waals surface area contributed by atoms with Gasteiger partial charge in [0.25, 0.3) is 5.56 Å². The van der Waals surface area contributed by atoms with Gasteiger partial charge in [-0.2, -0.15) is 5.10 Å². The molecule has 154 valence electrons. The van der Waals surface area contributed by atoms with Crippen molar-refractivity contribution >= 4 is 17.7 Å². The molecule has 0 radical (unpaired) electrons. The molecule has 1 amide bonds. The summed E-state index contributed by atoms with van der Waals surface area (Å²) in [6.45, 7) is 0. The van der Waals surface area contributed by atoms with Gasteiger partial charge in [-0.3, -0.25) is 9.59 Å². The Morgan fingerprint density at radius 1 is 1.00 bits per heavy atom. The summed E-state index contributed by atoms with van der Waals surface area (Å²) < 4.78 is 15.9. The van der Waals surface area contributed by atoms with Crippen LogP contribution in [0.3, 0.4) is 0 Å². The lowest BCUT2D eigenvalue weighted by Crippen LogP contribution is -2.08. The Morgan fingerprint density at radius 3 is 2.33 bits per heavy atom. The van der Waals surface area contributed by atoms with E-state index in [1.165, 1.54) is 33.5 Å². The molecule has 0 aliphatic rings. The van der Waals surface area contributed by atoms with Gasteiger partial charge in [0.1, 0.15) is 0 Å². The van der Waals surface area contributed by atoms with E-state index < -0.39 is 0 Å². The topological polar surface area (TPSA) is 103 Å². The van der Waals surface area contributed by atoms with Gasteiger partial charge in [0, 0.05) is 23.4 Å². The van der Waals surface area contributed by atoms with Crippen LogP contribution in [0.15, 0.2) is 59.4 Å². The highest BCUT2D eigenvalue weighted by Crippen LogP contribution is 2.38. The molecule has 3 rings (SSSR count). The molecule has 8 heteroatoms. The lowest BCUT2D eigenvalue weighted by molar-refractivity contribution is -0.111. The van der Waals surface area contributed by atoms with Gasteiger partial charge < -0.3 is 19.5 Å². The predicted molar refractivity (Wildman–Crippen MR) is 114 cm³/mol. The Labute approximate surface area is 173 Å². The number of methoxy groups -OCH3 is 3. The summed E-state index contributed by atoms with van der Waals surface area (Å²) in [4.78, 5) is 23.5. The average Bonchev–Trinajstić information content (AvgIpc) is 2.77. The summed E-state index contributed by atoms with van der Waals surface area (Å²) in [5.74, 6) is 1.17. The number of nitrogens with zero attached hydrogens (tertiary/aromatic N) is 1. The fourth-order valence-electron chi connectivity index (χ4n) is 2.81. The van der Waals surface area contributed by atoms with Crippen molar-refractivity contribution in [3.8, 4) is 28.5 Å². The Bertz CT molecular complexity index is 1090. The minimum Gasteiger partial charge on any atom is -0.493 e. The van der Waals surface area contributed by atoms with Crippen LogP contribution in [-0.2, 0) is 4.79 Å². The molecule has 0 saturated carbocycles. The number of amides is 1. The molecular formula is C22H21N3O5. The van der Waals surface area contributed by atoms with Gasteiger partial charge in [0.15, 0.2) is 11.5 Å². The molecule has 0 spiro atoms. The normalized spacial score (nSPS) is 10.6. The molecule has 0 bridgehead atoms. The van der Waals surface area contributed by atoms with Crippen LogP contribution in [0.5, 0.6) is 17.2 Å². The Morgan fingerprint density at radius 2 is 1.73 bits per heavy atom. The molecule has 0 saturated heterocycles. The number of carbonyl (C=O) groups excluding carboxylic acids is 1. The molecule has 0 aliphatic carbocycles. The van der Waals surface area contributed by atoms with E-state index in [0.717, 1.165) is 5.56 Å². The number of hydrogen-bond acceptors (Lipinski definition) is 6. The van der Waals surface area contributed by atoms with Crippen molar-refractivity contribution in [3.63, 3.8) is 0 Å². The van der Waals surface area contributed by atoms with Gasteiger partial charge in [-0.1, -0.05) is 12.1 Å². The maximum atomic E-state index is 12.4. The van der Waals surface area contributed by atoms with Gasteiger partial charge in [0.05, 0.1) is 27.0 Å². The third-order valence-electron chi connectivity index (χ3n) is 4.22. The van der Waals surface area contributed by atoms with Crippen molar-refractivity contribution in [2.45, 2.75) is 0 Å². The monoisotopic (exact) mass is 407 g/mol. The van der Waals surface area contributed by atoms with Crippen molar-refractivity contribution in [2.75, 3.05) is 26.6 Å². The largest absolute Gasteiger partial charge is 0.493 e. The first-order valence-electron chi connectivity index (χ1n) is 8.99. The van der Waals surface area contributed by atoms with E-state index in [4.69, 9.17) is 14.2 Å². The van der Waals surface area contributed by atoms with E-state index in [-0.39, 0.29) is 11.5 Å². The number of nitrogens with one attached hydrogen (secondary N) is 2. The van der Waals surface area contributed by atoms with Gasteiger partial charge in [-0.15, -0.1) is 0 Å². The number of rotatable bonds is 7. The number of anilines is 1. The van der Waals surface area contributed by atoms with Gasteiger partial charge in [0.2, 0.25) is 11.7 Å². The number of ether oxygens (including phenoxy) is 3. The molecular weight excluding hydrogens is 386 g/mol. The van der Waals surface area contributed by atoms with Crippen molar-refractivity contribution in [1.82, 2.24) is 10.2 Å². The van der Waals surface area contributed by atoms with Crippen LogP contribution in [0.2, 0.25) is 0 Å². The molecule has 1 heterocycles. The molecule has 2 aromatic carbocycles. The van der Waals surface area contributed by atoms with Crippen LogP contribution in [-0.4, -0.2) is 37.4 Å². The number of H-pyrrole nitrogens is 1. The zero-order chi connectivity index (χ0) is 21.5. The fraction of sp³-hybridized carbons (Fsp3) is 0.136. The summed E-state index contributed by atoms with van der Waals surface area (Å²) in [6, 6.07) is 13.7. The summed E-state index contributed by atoms with van der Waals surface area (Å²) in [7, 11) is 4.59. The van der Waals surface area contributed by atoms with E-state index in [0.29, 0.717) is 34.2 Å². The van der Waals surface area contributed by atoms with E-state index in [9.17, 15) is 9.59 Å². The summed E-state index contributed by atoms with van der Waals surface area (Å²) in [5, 5.41) is 9.18. The third kappa shape index (κ3) is 4.85. The second-order valence-electron chi connectivity index (χ2n) is 6.17. The van der Waals surface area contributed by atoms with E-state index in [1.807, 2.05) is 6.07 Å². The second-order valence-corrected chi connectivity index (χ2v) is 6.17. The van der Waals surface area contributed by atoms with Crippen LogP contribution < -0.4 is 25.1 Å². The first kappa shape index (κ1) is 20.7. The van der Waals surface area contributed by atoms with Crippen LogP contribution in [0, 0.1) is 0 Å². The smallest absolute Gasteiger partial charge is 0.264 e. The van der Waals surface area contributed by atoms with Gasteiger partial charge >= 0.3 is 0 Å². The first-order chi connectivity index (χ1) is 14.5. The maximum Gasteiger partial charge on any atom is 0.264 e. The first-order valence-corrected chi connectivity index (χ1v) is 8.99. The standard InChI is InChI=1S/C22H21N3O5/c1-28-18-11-14(12-19(29-2)22(18)30-3)7-9-20(26)23-16-6-4-5-15(13-16)17-8-10-21(27)25-24-17/h4-13H,1-3H3,(H,23,26)(H,25,27)/b9-7+. The SMILES string of the molecule is COc1cc(/C=C/C(=O)Nc2cccc(-c3ccc(=O)[nH]n3)c2)cc(OC)c1OC. The zero-order valence-electron chi connectivity index (χ0n) is 16.8. The summed E-state index contributed by atoms with van der Waals surface area (Å²) in [6.07, 6.45) is 3.05. The zero-order valence-corrected chi connectivity index (χ0v) is 16.8. The molecule has 3 aromatic rings. The summed E-state index contributed by atoms with van der Waals surface area (Å²) >= 11 is 0. The number of aromatic nitrogens is 2. The van der Waals surface area contributed by atoms with Gasteiger partial charge in [-0.05, 0) is 42.0 Å². The van der Waals surface area contributed by atoms with Crippen molar-refractivity contribution in [2.24, 2.45) is 0 Å². The summed E-state index contributed by atoms with van der Waals surface area (Å²) in [5.41, 5.74) is 2.39. The molecule has 0 aliphatic heterocycles. The lowest BCUT2D eigenvalue weighted by atomic mass is 10.1. The van der Waals surface area contributed by atoms with Crippen LogP contribution in [0.1, 0.15) is 5.56 Å². The molecule has 2 N–H and O–H groups in total. The van der Waals surface area contributed by atoms with Crippen molar-refractivity contribution in [3.05, 3.63) is 70.5 Å². The third-order valence-corrected chi connectivity index (χ3v) is 4.22. The number of carbonyl (C=O) groups is 1. The number of hydrogen-bond donors (Lipinski definition) is 2. The Hall–Kier alpha value is -4.07. The van der Waals surface area contributed by atoms with E-state index >= 15 is 0 Å². The Kier molecular flexibility index (Phi) is 6.49. The maximum absolute atomic E-state index is 12.4. The van der Waals surface area contributed by atoms with Crippen molar-refractivity contribution in [1.29, 1.82) is 0 Å². The van der Waals surface area contributed by atoms with E-state index in [1.54, 1.807) is 42.5 Å². The fourth-order valence-corrected chi connectivity index (χ4v) is 2.81. The lowest BCUT2D eigenvalue weighted by Gasteiger charge is -2.12. The highest BCUT2D eigenvalue weighted by atomic mass is 16.5. The van der Waals surface area contributed by atoms with Crippen LogP contribution in [0.4, 0.5) is 5.69 Å². The number of aromatic amines is 1. The molecule has 0 unspecified atom stereocenters. The second kappa shape index (κ2) is 9.42. The molecule has 0 fully saturated rings. The van der Waals surface area contributed by atoms with Gasteiger partial charge in [-0.25, -0.2) is 5.10 Å². The number of benzene rings is 2. The highest BCUT2D eigenvalue weighted by molar-refractivity contribution is 6.02. The van der Waals surface area contributed by atoms with Crippen LogP contribution in [0.25, 0.3) is 17.3 Å². The molecule has 30 heavy (non-hydrogen) atoms. The predicted octanol–water partition coefficient (Wildman–Crippen LogP) is 3.11. The minimum atomic E-state index is -0.310. The Balaban J connectivity index is 1.76. The minimum absolute atomic E-state index is 0.278. The highest BCUT2D eigenvalue weighted by Gasteiger charge is 2.12. The van der Waals surface area contributed by atoms with Crippen LogP contribution >= 0.6 is 0 Å². The van der Waals surface area contributed by atoms with E-state index in [2.05, 4.69) is 15.5 Å². The van der Waals surface area contributed by atoms with Crippen molar-refractivity contribution < 1.29 is 19.0 Å². The molecule has 1 aromatic heterocycles. The molecule has 0 atom stereocenters. The molecule has 8 nitrogen and oxygen atoms in total. The average molecular weight is 407 g/mol. The quantitative estimate of drug-likeness (QED) is 0.584.